The lowest BCUT2D eigenvalue weighted by Gasteiger charge is -2.40. The van der Waals surface area contributed by atoms with Gasteiger partial charge in [-0.15, -0.1) is 0 Å². The highest BCUT2D eigenvalue weighted by molar-refractivity contribution is 5.95. The second kappa shape index (κ2) is 3.44. The van der Waals surface area contributed by atoms with E-state index in [-0.39, 0.29) is 18.8 Å². The van der Waals surface area contributed by atoms with E-state index in [1.165, 1.54) is 6.07 Å². The van der Waals surface area contributed by atoms with Gasteiger partial charge in [-0.1, -0.05) is 0 Å². The fourth-order valence-corrected chi connectivity index (χ4v) is 2.03. The van der Waals surface area contributed by atoms with Gasteiger partial charge in [0.25, 0.3) is 11.8 Å². The van der Waals surface area contributed by atoms with Crippen molar-refractivity contribution >= 4 is 22.6 Å². The minimum absolute atomic E-state index is 0.0658. The maximum absolute atomic E-state index is 12.8. The fraction of sp³-hybridized carbons (Fsp3) is 0.250. The molecular weight excluding hydrogens is 242 g/mol. The van der Waals surface area contributed by atoms with Crippen LogP contribution >= 0.6 is 0 Å². The number of hydrogen-bond donors (Lipinski definition) is 1. The van der Waals surface area contributed by atoms with Crippen LogP contribution in [-0.4, -0.2) is 24.9 Å². The quantitative estimate of drug-likeness (QED) is 0.889. The molecule has 2 N–H and O–H groups in total. The van der Waals surface area contributed by atoms with Crippen molar-refractivity contribution in [1.82, 2.24) is 0 Å². The number of rotatable bonds is 2. The van der Waals surface area contributed by atoms with Crippen molar-refractivity contribution in [2.75, 3.05) is 18.0 Å². The second-order valence-electron chi connectivity index (χ2n) is 4.41. The maximum Gasteiger partial charge on any atom is 0.284 e. The lowest BCUT2D eigenvalue weighted by atomic mass is 10.1. The molecule has 0 bridgehead atoms. The number of nitrogens with two attached hydrogens (primary N) is 1. The Morgan fingerprint density at radius 2 is 2.06 bits per heavy atom. The average Bonchev–Trinajstić information content (AvgIpc) is 2.68. The predicted molar refractivity (Wildman–Crippen MR) is 61.9 cm³/mol. The number of benzene rings is 1. The molecule has 1 aromatic carbocycles. The van der Waals surface area contributed by atoms with E-state index in [0.29, 0.717) is 11.3 Å². The first-order valence-electron chi connectivity index (χ1n) is 5.41. The molecule has 0 spiro atoms. The van der Waals surface area contributed by atoms with E-state index in [0.717, 1.165) is 5.39 Å². The molecule has 2 heterocycles. The number of alkyl halides is 2. The predicted octanol–water partition coefficient (Wildman–Crippen LogP) is 1.99. The summed E-state index contributed by atoms with van der Waals surface area (Å²) in [5.74, 6) is -3.20. The van der Waals surface area contributed by atoms with Gasteiger partial charge in [0.1, 0.15) is 5.58 Å². The zero-order chi connectivity index (χ0) is 12.9. The number of fused-ring (bicyclic) bond motifs is 1. The highest BCUT2D eigenvalue weighted by atomic mass is 19.3. The number of carbonyl (C=O) groups excluding carboxylic acids is 1. The lowest BCUT2D eigenvalue weighted by Crippen LogP contribution is -2.56. The van der Waals surface area contributed by atoms with Crippen molar-refractivity contribution in [3.8, 4) is 0 Å². The van der Waals surface area contributed by atoms with Crippen molar-refractivity contribution in [3.05, 3.63) is 30.0 Å². The number of nitrogens with zero attached hydrogens (tertiary/aromatic N) is 1. The standard InChI is InChI=1S/C12H10F2N2O2/c13-12(14)5-16(6-12)8-2-1-7-3-10(11(15)17)18-9(7)4-8/h1-4H,5-6H2,(H2,15,17). The van der Waals surface area contributed by atoms with Crippen LogP contribution in [0.25, 0.3) is 11.0 Å². The third-order valence-corrected chi connectivity index (χ3v) is 2.96. The van der Waals surface area contributed by atoms with Crippen molar-refractivity contribution < 1.29 is 18.0 Å². The van der Waals surface area contributed by atoms with Crippen LogP contribution in [0, 0.1) is 0 Å². The lowest BCUT2D eigenvalue weighted by molar-refractivity contribution is -0.0262. The largest absolute Gasteiger partial charge is 0.451 e. The Labute approximate surface area is 101 Å². The average molecular weight is 252 g/mol. The van der Waals surface area contributed by atoms with Crippen molar-refractivity contribution in [1.29, 1.82) is 0 Å². The molecule has 1 aromatic heterocycles. The molecule has 1 aliphatic rings. The van der Waals surface area contributed by atoms with E-state index in [2.05, 4.69) is 0 Å². The molecule has 0 aliphatic carbocycles. The molecule has 1 fully saturated rings. The Balaban J connectivity index is 1.94. The first kappa shape index (κ1) is 11.0. The molecule has 1 saturated heterocycles. The highest BCUT2D eigenvalue weighted by Crippen LogP contribution is 2.33. The van der Waals surface area contributed by atoms with Crippen LogP contribution in [0.15, 0.2) is 28.7 Å². The molecule has 0 radical (unpaired) electrons. The zero-order valence-electron chi connectivity index (χ0n) is 9.32. The zero-order valence-corrected chi connectivity index (χ0v) is 9.32. The van der Waals surface area contributed by atoms with E-state index >= 15 is 0 Å². The molecule has 0 unspecified atom stereocenters. The highest BCUT2D eigenvalue weighted by Gasteiger charge is 2.43. The minimum atomic E-state index is -2.61. The molecule has 0 saturated carbocycles. The summed E-state index contributed by atoms with van der Waals surface area (Å²) in [7, 11) is 0. The summed E-state index contributed by atoms with van der Waals surface area (Å²) in [5.41, 5.74) is 6.23. The molecule has 0 atom stereocenters. The summed E-state index contributed by atoms with van der Waals surface area (Å²) in [6.45, 7) is -0.580. The van der Waals surface area contributed by atoms with Gasteiger partial charge in [0.15, 0.2) is 5.76 Å². The van der Waals surface area contributed by atoms with Crippen LogP contribution in [0.4, 0.5) is 14.5 Å². The molecule has 18 heavy (non-hydrogen) atoms. The maximum atomic E-state index is 12.8. The fourth-order valence-electron chi connectivity index (χ4n) is 2.03. The number of amides is 1. The molecule has 4 nitrogen and oxygen atoms in total. The number of carbonyl (C=O) groups is 1. The Bertz CT molecular complexity index is 628. The van der Waals surface area contributed by atoms with Crippen LogP contribution in [0.5, 0.6) is 0 Å². The number of hydrogen-bond acceptors (Lipinski definition) is 3. The Morgan fingerprint density at radius 3 is 2.67 bits per heavy atom. The molecule has 1 amide bonds. The smallest absolute Gasteiger partial charge is 0.284 e. The van der Waals surface area contributed by atoms with Gasteiger partial charge in [-0.3, -0.25) is 4.79 Å². The van der Waals surface area contributed by atoms with Crippen molar-refractivity contribution in [2.24, 2.45) is 5.73 Å². The second-order valence-corrected chi connectivity index (χ2v) is 4.41. The number of furan rings is 1. The van der Waals surface area contributed by atoms with Gasteiger partial charge >= 0.3 is 0 Å². The summed E-state index contributed by atoms with van der Waals surface area (Å²) < 4.78 is 30.8. The van der Waals surface area contributed by atoms with Gasteiger partial charge in [-0.2, -0.15) is 0 Å². The molecule has 2 aromatic rings. The number of halogens is 2. The molecule has 1 aliphatic heterocycles. The summed E-state index contributed by atoms with van der Waals surface area (Å²) in [4.78, 5) is 12.5. The third-order valence-electron chi connectivity index (χ3n) is 2.96. The number of primary amides is 1. The van der Waals surface area contributed by atoms with Crippen LogP contribution in [-0.2, 0) is 0 Å². The van der Waals surface area contributed by atoms with Crippen LogP contribution in [0.2, 0.25) is 0 Å². The molecule has 6 heteroatoms. The Morgan fingerprint density at radius 1 is 1.33 bits per heavy atom. The van der Waals surface area contributed by atoms with Gasteiger partial charge in [0.2, 0.25) is 0 Å². The van der Waals surface area contributed by atoms with Gasteiger partial charge in [-0.05, 0) is 18.2 Å². The van der Waals surface area contributed by atoms with E-state index in [1.807, 2.05) is 0 Å². The van der Waals surface area contributed by atoms with E-state index < -0.39 is 11.8 Å². The van der Waals surface area contributed by atoms with Gasteiger partial charge < -0.3 is 15.1 Å². The van der Waals surface area contributed by atoms with Crippen LogP contribution in [0.3, 0.4) is 0 Å². The van der Waals surface area contributed by atoms with Crippen molar-refractivity contribution in [3.63, 3.8) is 0 Å². The molecule has 3 rings (SSSR count). The molecular formula is C12H10F2N2O2. The SMILES string of the molecule is NC(=O)c1cc2ccc(N3CC(F)(F)C3)cc2o1. The summed E-state index contributed by atoms with van der Waals surface area (Å²) in [6.07, 6.45) is 0. The summed E-state index contributed by atoms with van der Waals surface area (Å²) >= 11 is 0. The van der Waals surface area contributed by atoms with Gasteiger partial charge in [0.05, 0.1) is 13.1 Å². The summed E-state index contributed by atoms with van der Waals surface area (Å²) in [6, 6.07) is 6.61. The van der Waals surface area contributed by atoms with Crippen molar-refractivity contribution in [2.45, 2.75) is 5.92 Å². The topological polar surface area (TPSA) is 59.5 Å². The first-order valence-corrected chi connectivity index (χ1v) is 5.41. The molecule has 94 valence electrons. The normalized spacial score (nSPS) is 17.8. The monoisotopic (exact) mass is 252 g/mol. The number of anilines is 1. The Hall–Kier alpha value is -2.11. The minimum Gasteiger partial charge on any atom is -0.451 e. The van der Waals surface area contributed by atoms with Crippen LogP contribution in [0.1, 0.15) is 10.6 Å². The van der Waals surface area contributed by atoms with Crippen LogP contribution < -0.4 is 10.6 Å². The summed E-state index contributed by atoms with van der Waals surface area (Å²) in [5, 5.41) is 0.722. The Kier molecular flexibility index (Phi) is 2.10. The third kappa shape index (κ3) is 1.70. The van der Waals surface area contributed by atoms with E-state index in [1.54, 1.807) is 23.1 Å². The van der Waals surface area contributed by atoms with Gasteiger partial charge in [0, 0.05) is 17.1 Å². The first-order chi connectivity index (χ1) is 8.44. The van der Waals surface area contributed by atoms with E-state index in [9.17, 15) is 13.6 Å². The van der Waals surface area contributed by atoms with E-state index in [4.69, 9.17) is 10.2 Å². The van der Waals surface area contributed by atoms with Gasteiger partial charge in [-0.25, -0.2) is 8.78 Å².